The highest BCUT2D eigenvalue weighted by molar-refractivity contribution is 5.66. The molecule has 0 N–H and O–H groups in total. The van der Waals surface area contributed by atoms with Crippen LogP contribution in [0.15, 0.2) is 23.3 Å². The van der Waals surface area contributed by atoms with Crippen molar-refractivity contribution in [1.82, 2.24) is 0 Å². The van der Waals surface area contributed by atoms with Gasteiger partial charge in [-0.3, -0.25) is 4.79 Å². The molecule has 2 nitrogen and oxygen atoms in total. The summed E-state index contributed by atoms with van der Waals surface area (Å²) in [6.07, 6.45) is 17.9. The van der Waals surface area contributed by atoms with Crippen molar-refractivity contribution in [3.05, 3.63) is 23.3 Å². The first-order valence-electron chi connectivity index (χ1n) is 14.1. The summed E-state index contributed by atoms with van der Waals surface area (Å²) in [4.78, 5) is 11.5. The van der Waals surface area contributed by atoms with E-state index in [1.54, 1.807) is 18.1 Å². The van der Waals surface area contributed by atoms with E-state index in [0.29, 0.717) is 16.7 Å². The van der Waals surface area contributed by atoms with E-state index in [9.17, 15) is 4.79 Å². The van der Waals surface area contributed by atoms with E-state index in [-0.39, 0.29) is 12.1 Å². The number of fused-ring (bicyclic) bond motifs is 5. The van der Waals surface area contributed by atoms with Crippen LogP contribution in [0.1, 0.15) is 113 Å². The van der Waals surface area contributed by atoms with E-state index < -0.39 is 0 Å². The van der Waals surface area contributed by atoms with Gasteiger partial charge in [0, 0.05) is 13.3 Å². The minimum absolute atomic E-state index is 0.108. The number of rotatable bonds is 6. The fourth-order valence-electron chi connectivity index (χ4n) is 9.30. The van der Waals surface area contributed by atoms with Crippen LogP contribution in [0.25, 0.3) is 0 Å². The quantitative estimate of drug-likeness (QED) is 0.297. The SMILES string of the molecule is C/C=C(\CC[C@H](C)[C@H]1CC[C@H]2[C@@H]3CC=C4C[C@@H](OC(C)=O)CC[C@]4(C)[C@H]3CC[C@]12C)C(C)C. The third-order valence-corrected chi connectivity index (χ3v) is 11.2. The predicted molar refractivity (Wildman–Crippen MR) is 138 cm³/mol. The summed E-state index contributed by atoms with van der Waals surface area (Å²) in [5.74, 6) is 4.88. The summed E-state index contributed by atoms with van der Waals surface area (Å²) in [6, 6.07) is 0. The lowest BCUT2D eigenvalue weighted by Crippen LogP contribution is -2.51. The first-order chi connectivity index (χ1) is 15.6. The molecule has 2 heteroatoms. The highest BCUT2D eigenvalue weighted by atomic mass is 16.5. The Morgan fingerprint density at radius 1 is 1.12 bits per heavy atom. The fourth-order valence-corrected chi connectivity index (χ4v) is 9.30. The van der Waals surface area contributed by atoms with E-state index in [2.05, 4.69) is 53.7 Å². The molecule has 0 saturated heterocycles. The molecule has 0 aromatic rings. The van der Waals surface area contributed by atoms with Crippen molar-refractivity contribution in [1.29, 1.82) is 0 Å². The molecule has 0 heterocycles. The zero-order valence-electron chi connectivity index (χ0n) is 22.6. The second-order valence-electron chi connectivity index (χ2n) is 13.0. The fraction of sp³-hybridized carbons (Fsp3) is 0.839. The van der Waals surface area contributed by atoms with Gasteiger partial charge >= 0.3 is 5.97 Å². The molecule has 0 aromatic heterocycles. The summed E-state index contributed by atoms with van der Waals surface area (Å²) >= 11 is 0. The maximum absolute atomic E-state index is 11.5. The lowest BCUT2D eigenvalue weighted by molar-refractivity contribution is -0.148. The topological polar surface area (TPSA) is 26.3 Å². The first-order valence-corrected chi connectivity index (χ1v) is 14.1. The van der Waals surface area contributed by atoms with E-state index >= 15 is 0 Å². The molecule has 4 rings (SSSR count). The minimum Gasteiger partial charge on any atom is -0.462 e. The molecule has 8 atom stereocenters. The Morgan fingerprint density at radius 2 is 1.88 bits per heavy atom. The van der Waals surface area contributed by atoms with Gasteiger partial charge in [-0.1, -0.05) is 57.9 Å². The van der Waals surface area contributed by atoms with Crippen LogP contribution in [-0.2, 0) is 9.53 Å². The zero-order chi connectivity index (χ0) is 24.0. The van der Waals surface area contributed by atoms with Crippen LogP contribution >= 0.6 is 0 Å². The van der Waals surface area contributed by atoms with Crippen molar-refractivity contribution in [2.24, 2.45) is 46.3 Å². The molecule has 0 aromatic carbocycles. The standard InChI is InChI=1S/C31H50O2/c1-8-23(20(2)3)10-9-21(4)27-13-14-28-26-12-11-24-19-25(33-22(5)32)15-17-30(24,6)29(26)16-18-31(27,28)7/h8,11,20-21,25-29H,9-10,12-19H2,1-7H3/b23-8+/t21-,25-,26-,27+,28-,29-,30-,31+/m0/s1. The van der Waals surface area contributed by atoms with Gasteiger partial charge in [-0.05, 0) is 111 Å². The molecule has 0 amide bonds. The largest absolute Gasteiger partial charge is 0.462 e. The van der Waals surface area contributed by atoms with Gasteiger partial charge in [-0.2, -0.15) is 0 Å². The van der Waals surface area contributed by atoms with Crippen molar-refractivity contribution >= 4 is 5.97 Å². The highest BCUT2D eigenvalue weighted by Crippen LogP contribution is 2.67. The molecular formula is C31H50O2. The Balaban J connectivity index is 1.47. The summed E-state index contributed by atoms with van der Waals surface area (Å²) in [6.45, 7) is 16.3. The number of esters is 1. The van der Waals surface area contributed by atoms with Crippen LogP contribution in [0.2, 0.25) is 0 Å². The molecule has 4 aliphatic rings. The predicted octanol–water partition coefficient (Wildman–Crippen LogP) is 8.52. The van der Waals surface area contributed by atoms with Gasteiger partial charge in [0.2, 0.25) is 0 Å². The molecule has 0 radical (unpaired) electrons. The number of hydrogen-bond donors (Lipinski definition) is 0. The Bertz CT molecular complexity index is 791. The normalized spacial score (nSPS) is 41.6. The van der Waals surface area contributed by atoms with Crippen molar-refractivity contribution in [3.8, 4) is 0 Å². The lowest BCUT2D eigenvalue weighted by atomic mass is 9.47. The van der Waals surface area contributed by atoms with Crippen LogP contribution in [0, 0.1) is 46.3 Å². The van der Waals surface area contributed by atoms with Crippen LogP contribution in [0.5, 0.6) is 0 Å². The molecule has 0 spiro atoms. The second kappa shape index (κ2) is 9.54. The molecule has 3 saturated carbocycles. The van der Waals surface area contributed by atoms with Crippen molar-refractivity contribution in [2.45, 2.75) is 119 Å². The van der Waals surface area contributed by atoms with Crippen molar-refractivity contribution in [2.75, 3.05) is 0 Å². The van der Waals surface area contributed by atoms with Gasteiger partial charge in [0.15, 0.2) is 0 Å². The number of hydrogen-bond acceptors (Lipinski definition) is 2. The Hall–Kier alpha value is -1.05. The summed E-state index contributed by atoms with van der Waals surface area (Å²) in [7, 11) is 0. The third kappa shape index (κ3) is 4.50. The van der Waals surface area contributed by atoms with Gasteiger partial charge in [0.05, 0.1) is 0 Å². The first kappa shape index (κ1) is 25.1. The molecule has 3 fully saturated rings. The van der Waals surface area contributed by atoms with Gasteiger partial charge in [0.25, 0.3) is 0 Å². The maximum Gasteiger partial charge on any atom is 0.302 e. The third-order valence-electron chi connectivity index (χ3n) is 11.2. The number of ether oxygens (including phenoxy) is 1. The van der Waals surface area contributed by atoms with Crippen molar-refractivity contribution in [3.63, 3.8) is 0 Å². The Labute approximate surface area is 204 Å². The molecule has 4 aliphatic carbocycles. The summed E-state index contributed by atoms with van der Waals surface area (Å²) in [5, 5.41) is 0. The van der Waals surface area contributed by atoms with E-state index in [0.717, 1.165) is 42.4 Å². The summed E-state index contributed by atoms with van der Waals surface area (Å²) < 4.78 is 5.63. The summed E-state index contributed by atoms with van der Waals surface area (Å²) in [5.41, 5.74) is 4.13. The highest BCUT2D eigenvalue weighted by Gasteiger charge is 2.59. The van der Waals surface area contributed by atoms with Crippen LogP contribution in [0.3, 0.4) is 0 Å². The number of carbonyl (C=O) groups is 1. The smallest absolute Gasteiger partial charge is 0.302 e. The van der Waals surface area contributed by atoms with Crippen LogP contribution in [-0.4, -0.2) is 12.1 Å². The van der Waals surface area contributed by atoms with Crippen molar-refractivity contribution < 1.29 is 9.53 Å². The van der Waals surface area contributed by atoms with E-state index in [1.807, 2.05) is 0 Å². The van der Waals surface area contributed by atoms with Crippen LogP contribution in [0.4, 0.5) is 0 Å². The van der Waals surface area contributed by atoms with Gasteiger partial charge in [-0.15, -0.1) is 0 Å². The van der Waals surface area contributed by atoms with Gasteiger partial charge in [0.1, 0.15) is 6.10 Å². The van der Waals surface area contributed by atoms with Gasteiger partial charge in [-0.25, -0.2) is 0 Å². The number of allylic oxidation sites excluding steroid dienone is 3. The molecule has 186 valence electrons. The molecule has 0 bridgehead atoms. The molecule has 0 aliphatic heterocycles. The van der Waals surface area contributed by atoms with E-state index in [4.69, 9.17) is 4.74 Å². The lowest BCUT2D eigenvalue weighted by Gasteiger charge is -2.58. The number of carbonyl (C=O) groups excluding carboxylic acids is 1. The van der Waals surface area contributed by atoms with E-state index in [1.165, 1.54) is 51.4 Å². The Morgan fingerprint density at radius 3 is 2.55 bits per heavy atom. The maximum atomic E-state index is 11.5. The molecule has 33 heavy (non-hydrogen) atoms. The van der Waals surface area contributed by atoms with Gasteiger partial charge < -0.3 is 4.74 Å². The average molecular weight is 455 g/mol. The van der Waals surface area contributed by atoms with Crippen LogP contribution < -0.4 is 0 Å². The second-order valence-corrected chi connectivity index (χ2v) is 13.0. The minimum atomic E-state index is -0.118. The average Bonchev–Trinajstić information content (AvgIpc) is 3.11. The monoisotopic (exact) mass is 454 g/mol. The molecular weight excluding hydrogens is 404 g/mol. The Kier molecular flexibility index (Phi) is 7.24. The zero-order valence-corrected chi connectivity index (χ0v) is 22.6. The molecule has 0 unspecified atom stereocenters.